The molecule has 1 aromatic heterocycles. The van der Waals surface area contributed by atoms with Crippen LogP contribution in [0.2, 0.25) is 0 Å². The molecule has 0 radical (unpaired) electrons. The van der Waals surface area contributed by atoms with Gasteiger partial charge in [-0.1, -0.05) is 24.0 Å². The SMILES string of the molecule is Nc1nnc(-c2ccccc2O)cc1C#C[C@H]1CC[C@@H](CN2CCC3(CCc4cc5c(cc4O3)C(=O)N(C3CCC(=O)NC3=O)C5=O)CC2)CC1. The number of para-hydroxylation sites is 1. The van der Waals surface area contributed by atoms with Gasteiger partial charge in [0.05, 0.1) is 22.4 Å². The fourth-order valence-corrected chi connectivity index (χ4v) is 8.33. The largest absolute Gasteiger partial charge is 0.507 e. The fourth-order valence-electron chi connectivity index (χ4n) is 8.33. The second-order valence-corrected chi connectivity index (χ2v) is 14.6. The molecule has 1 saturated carbocycles. The Labute approximate surface area is 295 Å². The predicted octanol–water partition coefficient (Wildman–Crippen LogP) is 3.85. The van der Waals surface area contributed by atoms with Crippen molar-refractivity contribution in [1.29, 1.82) is 0 Å². The number of aromatic hydroxyl groups is 1. The summed E-state index contributed by atoms with van der Waals surface area (Å²) < 4.78 is 6.67. The maximum absolute atomic E-state index is 13.4. The van der Waals surface area contributed by atoms with Crippen LogP contribution in [0.25, 0.3) is 11.3 Å². The second kappa shape index (κ2) is 13.1. The van der Waals surface area contributed by atoms with E-state index in [4.69, 9.17) is 10.5 Å². The van der Waals surface area contributed by atoms with Gasteiger partial charge in [0.2, 0.25) is 11.8 Å². The van der Waals surface area contributed by atoms with Crippen LogP contribution in [-0.2, 0) is 16.0 Å². The summed E-state index contributed by atoms with van der Waals surface area (Å²) >= 11 is 0. The fraction of sp³-hybridized carbons (Fsp3) is 0.436. The molecule has 51 heavy (non-hydrogen) atoms. The first-order valence-corrected chi connectivity index (χ1v) is 17.9. The molecule has 12 heteroatoms. The number of phenolic OH excluding ortho intramolecular Hbond substituents is 1. The van der Waals surface area contributed by atoms with Gasteiger partial charge in [-0.2, -0.15) is 0 Å². The highest BCUT2D eigenvalue weighted by molar-refractivity contribution is 6.23. The summed E-state index contributed by atoms with van der Waals surface area (Å²) in [4.78, 5) is 54.3. The lowest BCUT2D eigenvalue weighted by Gasteiger charge is -2.45. The van der Waals surface area contributed by atoms with Crippen molar-refractivity contribution in [2.45, 2.75) is 75.9 Å². The molecule has 2 aromatic carbocycles. The first kappa shape index (κ1) is 32.9. The molecule has 3 aromatic rings. The molecule has 1 aliphatic carbocycles. The molecule has 1 unspecified atom stereocenters. The molecular formula is C39H40N6O6. The Hall–Kier alpha value is -5.28. The van der Waals surface area contributed by atoms with Gasteiger partial charge in [0.1, 0.15) is 23.1 Å². The Balaban J connectivity index is 0.845. The topological polar surface area (TPSA) is 168 Å². The number of likely N-dealkylation sites (tertiary alicyclic amines) is 1. The Morgan fingerprint density at radius 3 is 2.39 bits per heavy atom. The van der Waals surface area contributed by atoms with Crippen LogP contribution in [0.5, 0.6) is 11.5 Å². The lowest BCUT2D eigenvalue weighted by Crippen LogP contribution is -2.54. The number of piperidine rings is 2. The van der Waals surface area contributed by atoms with Crippen LogP contribution in [-0.4, -0.2) is 80.0 Å². The maximum atomic E-state index is 13.4. The maximum Gasteiger partial charge on any atom is 0.262 e. The van der Waals surface area contributed by atoms with Gasteiger partial charge in [0.25, 0.3) is 11.8 Å². The van der Waals surface area contributed by atoms with Crippen molar-refractivity contribution in [1.82, 2.24) is 25.3 Å². The first-order chi connectivity index (χ1) is 24.7. The molecule has 1 spiro atoms. The Morgan fingerprint density at radius 1 is 0.902 bits per heavy atom. The number of carbonyl (C=O) groups excluding carboxylic acids is 4. The number of aromatic nitrogens is 2. The number of hydrogen-bond donors (Lipinski definition) is 3. The third kappa shape index (κ3) is 6.31. The van der Waals surface area contributed by atoms with Crippen molar-refractivity contribution in [3.05, 3.63) is 64.7 Å². The highest BCUT2D eigenvalue weighted by Gasteiger charge is 2.47. The average Bonchev–Trinajstić information content (AvgIpc) is 3.36. The summed E-state index contributed by atoms with van der Waals surface area (Å²) in [7, 11) is 0. The smallest absolute Gasteiger partial charge is 0.262 e. The minimum atomic E-state index is -0.985. The quantitative estimate of drug-likeness (QED) is 0.271. The third-order valence-electron chi connectivity index (χ3n) is 11.3. The van der Waals surface area contributed by atoms with Gasteiger partial charge in [-0.25, -0.2) is 0 Å². The summed E-state index contributed by atoms with van der Waals surface area (Å²) in [5.74, 6) is 6.64. The number of carbonyl (C=O) groups is 4. The van der Waals surface area contributed by atoms with Gasteiger partial charge >= 0.3 is 0 Å². The van der Waals surface area contributed by atoms with E-state index in [0.717, 1.165) is 81.5 Å². The van der Waals surface area contributed by atoms with Crippen LogP contribution in [0.3, 0.4) is 0 Å². The van der Waals surface area contributed by atoms with E-state index in [1.54, 1.807) is 36.4 Å². The van der Waals surface area contributed by atoms with Gasteiger partial charge in [-0.05, 0) is 99.6 Å². The zero-order chi connectivity index (χ0) is 35.3. The third-order valence-corrected chi connectivity index (χ3v) is 11.3. The summed E-state index contributed by atoms with van der Waals surface area (Å²) in [6.07, 6.45) is 7.91. The number of phenols is 1. The number of nitrogens with two attached hydrogens (primary N) is 1. The minimum Gasteiger partial charge on any atom is -0.507 e. The van der Waals surface area contributed by atoms with Gasteiger partial charge in [-0.15, -0.1) is 10.2 Å². The number of imide groups is 2. The molecule has 4 aliphatic heterocycles. The van der Waals surface area contributed by atoms with E-state index in [1.807, 2.05) is 6.07 Å². The molecule has 4 amide bonds. The number of fused-ring (bicyclic) bond motifs is 2. The number of aryl methyl sites for hydroxylation is 1. The molecule has 3 fully saturated rings. The van der Waals surface area contributed by atoms with Crippen LogP contribution in [0.4, 0.5) is 5.82 Å². The Kier molecular flexibility index (Phi) is 8.46. The van der Waals surface area contributed by atoms with E-state index in [0.29, 0.717) is 40.0 Å². The number of nitrogens with one attached hydrogen (secondary N) is 1. The number of rotatable bonds is 4. The lowest BCUT2D eigenvalue weighted by atomic mass is 9.80. The highest BCUT2D eigenvalue weighted by atomic mass is 16.5. The molecule has 2 saturated heterocycles. The van der Waals surface area contributed by atoms with E-state index in [1.165, 1.54) is 0 Å². The predicted molar refractivity (Wildman–Crippen MR) is 186 cm³/mol. The van der Waals surface area contributed by atoms with E-state index < -0.39 is 29.7 Å². The average molecular weight is 689 g/mol. The first-order valence-electron chi connectivity index (χ1n) is 17.9. The van der Waals surface area contributed by atoms with Gasteiger partial charge < -0.3 is 20.5 Å². The number of amides is 4. The van der Waals surface area contributed by atoms with Crippen molar-refractivity contribution >= 4 is 29.4 Å². The van der Waals surface area contributed by atoms with Crippen LogP contribution in [0, 0.1) is 23.7 Å². The lowest BCUT2D eigenvalue weighted by molar-refractivity contribution is -0.136. The number of anilines is 1. The van der Waals surface area contributed by atoms with Crippen LogP contribution in [0.15, 0.2) is 42.5 Å². The van der Waals surface area contributed by atoms with Crippen molar-refractivity contribution in [2.24, 2.45) is 11.8 Å². The van der Waals surface area contributed by atoms with Gasteiger partial charge in [0, 0.05) is 37.5 Å². The van der Waals surface area contributed by atoms with Crippen molar-refractivity contribution < 1.29 is 29.0 Å². The molecular weight excluding hydrogens is 648 g/mol. The zero-order valence-corrected chi connectivity index (χ0v) is 28.3. The van der Waals surface area contributed by atoms with E-state index in [2.05, 4.69) is 32.3 Å². The van der Waals surface area contributed by atoms with E-state index in [-0.39, 0.29) is 35.6 Å². The van der Waals surface area contributed by atoms with Crippen molar-refractivity contribution in [3.8, 4) is 34.6 Å². The number of benzene rings is 2. The Morgan fingerprint density at radius 2 is 1.65 bits per heavy atom. The van der Waals surface area contributed by atoms with Crippen LogP contribution >= 0.6 is 0 Å². The second-order valence-electron chi connectivity index (χ2n) is 14.6. The van der Waals surface area contributed by atoms with Crippen LogP contribution < -0.4 is 15.8 Å². The molecule has 8 rings (SSSR count). The number of nitrogen functional groups attached to an aromatic ring is 1. The molecule has 5 heterocycles. The summed E-state index contributed by atoms with van der Waals surface area (Å²) in [6, 6.07) is 11.3. The minimum absolute atomic E-state index is 0.0876. The number of ether oxygens (including phenoxy) is 1. The Bertz CT molecular complexity index is 2000. The molecule has 12 nitrogen and oxygen atoms in total. The molecule has 5 aliphatic rings. The van der Waals surface area contributed by atoms with Gasteiger partial charge in [-0.3, -0.25) is 29.4 Å². The van der Waals surface area contributed by atoms with Crippen LogP contribution in [0.1, 0.15) is 89.6 Å². The molecule has 0 bridgehead atoms. The van der Waals surface area contributed by atoms with Crippen molar-refractivity contribution in [2.75, 3.05) is 25.4 Å². The van der Waals surface area contributed by atoms with E-state index >= 15 is 0 Å². The zero-order valence-electron chi connectivity index (χ0n) is 28.3. The summed E-state index contributed by atoms with van der Waals surface area (Å²) in [6.45, 7) is 2.93. The molecule has 262 valence electrons. The van der Waals surface area contributed by atoms with Gasteiger partial charge in [0.15, 0.2) is 5.82 Å². The standard InChI is InChI=1S/C39H40N6O6/c40-35-26(20-30(42-43-35)27-3-1-2-4-32(27)46)10-9-23-5-7-24(8-6-23)22-44-17-15-39(16-18-44)14-13-25-19-28-29(21-33(25)51-39)38(50)45(37(28)49)31-11-12-34(47)41-36(31)48/h1-4,19-21,23-24,31,46H,5-8,11-18,22H2,(H2,40,43)(H,41,47,48)/t23-,24+,31?. The highest BCUT2D eigenvalue weighted by Crippen LogP contribution is 2.43. The summed E-state index contributed by atoms with van der Waals surface area (Å²) in [5, 5.41) is 20.7. The molecule has 4 N–H and O–H groups in total. The monoisotopic (exact) mass is 688 g/mol. The van der Waals surface area contributed by atoms with E-state index in [9.17, 15) is 24.3 Å². The number of nitrogens with zero attached hydrogens (tertiary/aromatic N) is 4. The number of hydrogen-bond acceptors (Lipinski definition) is 10. The van der Waals surface area contributed by atoms with Crippen molar-refractivity contribution in [3.63, 3.8) is 0 Å². The summed E-state index contributed by atoms with van der Waals surface area (Å²) in [5.41, 5.74) is 9.01. The molecule has 1 atom stereocenters. The normalized spacial score (nSPS) is 24.3.